The van der Waals surface area contributed by atoms with Gasteiger partial charge in [0.15, 0.2) is 0 Å². The predicted molar refractivity (Wildman–Crippen MR) is 146 cm³/mol. The van der Waals surface area contributed by atoms with Crippen LogP contribution in [0.5, 0.6) is 0 Å². The van der Waals surface area contributed by atoms with Gasteiger partial charge < -0.3 is 15.3 Å². The zero-order valence-electron chi connectivity index (χ0n) is 20.8. The standard InChI is InChI=1S/C29H26ClF3N4O2/c30-22-16-34-24-7-5-18(14-21(24)27(22)36-28(29(32)33)20-3-1-2-4-23(20)31)19-6-8-25(35-15-19)37-11-9-17(10-12-37)13-26(38)39/h1-8,14-17,28-29H,9-13H2,(H,34,36)(H,38,39)/t28-/m0/s1. The number of carboxylic acids is 1. The molecule has 0 saturated carbocycles. The van der Waals surface area contributed by atoms with E-state index in [1.807, 2.05) is 18.2 Å². The van der Waals surface area contributed by atoms with Crippen molar-refractivity contribution in [2.24, 2.45) is 5.92 Å². The first-order chi connectivity index (χ1) is 18.8. The Morgan fingerprint density at radius 2 is 1.79 bits per heavy atom. The number of nitrogens with one attached hydrogen (secondary N) is 1. The van der Waals surface area contributed by atoms with Crippen molar-refractivity contribution >= 4 is 40.0 Å². The summed E-state index contributed by atoms with van der Waals surface area (Å²) in [6, 6.07) is 13.1. The van der Waals surface area contributed by atoms with Crippen LogP contribution in [0.1, 0.15) is 30.9 Å². The third-order valence-corrected chi connectivity index (χ3v) is 7.38. The van der Waals surface area contributed by atoms with Crippen LogP contribution in [-0.2, 0) is 4.79 Å². The number of piperidine rings is 1. The van der Waals surface area contributed by atoms with Gasteiger partial charge in [-0.2, -0.15) is 0 Å². The molecule has 0 unspecified atom stereocenters. The number of carbonyl (C=O) groups is 1. The highest BCUT2D eigenvalue weighted by atomic mass is 35.5. The zero-order chi connectivity index (χ0) is 27.5. The molecule has 202 valence electrons. The highest BCUT2D eigenvalue weighted by Gasteiger charge is 2.27. The number of aromatic nitrogens is 2. The van der Waals surface area contributed by atoms with Crippen LogP contribution in [0, 0.1) is 11.7 Å². The summed E-state index contributed by atoms with van der Waals surface area (Å²) < 4.78 is 42.5. The summed E-state index contributed by atoms with van der Waals surface area (Å²) in [5.74, 6) is -0.507. The van der Waals surface area contributed by atoms with E-state index in [1.54, 1.807) is 18.3 Å². The Morgan fingerprint density at radius 3 is 2.46 bits per heavy atom. The summed E-state index contributed by atoms with van der Waals surface area (Å²) in [4.78, 5) is 22.1. The van der Waals surface area contributed by atoms with E-state index < -0.39 is 24.3 Å². The summed E-state index contributed by atoms with van der Waals surface area (Å²) in [5.41, 5.74) is 2.23. The maximum atomic E-state index is 14.4. The smallest absolute Gasteiger partial charge is 0.303 e. The predicted octanol–water partition coefficient (Wildman–Crippen LogP) is 7.20. The monoisotopic (exact) mass is 554 g/mol. The number of rotatable bonds is 8. The largest absolute Gasteiger partial charge is 0.481 e. The third-order valence-electron chi connectivity index (χ3n) is 7.10. The third kappa shape index (κ3) is 5.93. The lowest BCUT2D eigenvalue weighted by atomic mass is 9.93. The van der Waals surface area contributed by atoms with E-state index in [0.29, 0.717) is 10.9 Å². The van der Waals surface area contributed by atoms with Crippen molar-refractivity contribution in [3.05, 3.63) is 83.4 Å². The molecule has 0 aliphatic carbocycles. The van der Waals surface area contributed by atoms with Gasteiger partial charge in [-0.15, -0.1) is 0 Å². The molecule has 1 aliphatic heterocycles. The molecule has 0 radical (unpaired) electrons. The number of hydrogen-bond acceptors (Lipinski definition) is 5. The number of aliphatic carboxylic acids is 1. The highest BCUT2D eigenvalue weighted by molar-refractivity contribution is 6.34. The summed E-state index contributed by atoms with van der Waals surface area (Å²) in [6.07, 6.45) is 2.02. The van der Waals surface area contributed by atoms with Crippen LogP contribution in [0.25, 0.3) is 22.0 Å². The fourth-order valence-corrected chi connectivity index (χ4v) is 5.22. The van der Waals surface area contributed by atoms with Crippen molar-refractivity contribution in [2.45, 2.75) is 31.7 Å². The van der Waals surface area contributed by atoms with E-state index in [4.69, 9.17) is 16.7 Å². The molecule has 1 fully saturated rings. The number of carboxylic acid groups (broad SMARTS) is 1. The van der Waals surface area contributed by atoms with Crippen LogP contribution in [-0.4, -0.2) is 40.6 Å². The van der Waals surface area contributed by atoms with E-state index in [2.05, 4.69) is 20.2 Å². The molecule has 2 aromatic carbocycles. The Morgan fingerprint density at radius 1 is 1.05 bits per heavy atom. The van der Waals surface area contributed by atoms with Crippen molar-refractivity contribution in [3.63, 3.8) is 0 Å². The van der Waals surface area contributed by atoms with Gasteiger partial charge in [-0.25, -0.2) is 18.2 Å². The fraction of sp³-hybridized carbons (Fsp3) is 0.276. The van der Waals surface area contributed by atoms with Crippen molar-refractivity contribution in [2.75, 3.05) is 23.3 Å². The average Bonchev–Trinajstić information content (AvgIpc) is 2.93. The molecule has 39 heavy (non-hydrogen) atoms. The number of pyridine rings is 2. The van der Waals surface area contributed by atoms with Gasteiger partial charge in [0.05, 0.1) is 16.2 Å². The number of alkyl halides is 2. The van der Waals surface area contributed by atoms with Gasteiger partial charge in [0.2, 0.25) is 0 Å². The molecule has 5 rings (SSSR count). The second-order valence-electron chi connectivity index (χ2n) is 9.62. The Kier molecular flexibility index (Phi) is 7.88. The van der Waals surface area contributed by atoms with Gasteiger partial charge in [0.25, 0.3) is 6.43 Å². The Labute approximate surface area is 228 Å². The van der Waals surface area contributed by atoms with Gasteiger partial charge >= 0.3 is 5.97 Å². The molecule has 2 aromatic heterocycles. The van der Waals surface area contributed by atoms with Gasteiger partial charge in [-0.3, -0.25) is 9.78 Å². The molecule has 0 amide bonds. The maximum absolute atomic E-state index is 14.4. The minimum atomic E-state index is -2.89. The SMILES string of the molecule is O=C(O)CC1CCN(c2ccc(-c3ccc4ncc(Cl)c(N[C@@H](c5ccccc5F)C(F)F)c4c3)cn2)CC1. The first kappa shape index (κ1) is 26.7. The summed E-state index contributed by atoms with van der Waals surface area (Å²) >= 11 is 6.41. The first-order valence-electron chi connectivity index (χ1n) is 12.6. The summed E-state index contributed by atoms with van der Waals surface area (Å²) in [7, 11) is 0. The summed E-state index contributed by atoms with van der Waals surface area (Å²) in [6.45, 7) is 1.49. The van der Waals surface area contributed by atoms with Gasteiger partial charge in [0, 0.05) is 48.4 Å². The lowest BCUT2D eigenvalue weighted by Gasteiger charge is -2.32. The van der Waals surface area contributed by atoms with Gasteiger partial charge in [-0.1, -0.05) is 35.9 Å². The Hall–Kier alpha value is -3.85. The average molecular weight is 555 g/mol. The van der Waals surface area contributed by atoms with Crippen LogP contribution in [0.2, 0.25) is 5.02 Å². The van der Waals surface area contributed by atoms with E-state index in [0.717, 1.165) is 48.9 Å². The van der Waals surface area contributed by atoms with Gasteiger partial charge in [-0.05, 0) is 54.7 Å². The van der Waals surface area contributed by atoms with E-state index in [1.165, 1.54) is 24.4 Å². The number of halogens is 4. The van der Waals surface area contributed by atoms with Crippen LogP contribution in [0.3, 0.4) is 0 Å². The van der Waals surface area contributed by atoms with Crippen molar-refractivity contribution in [3.8, 4) is 11.1 Å². The number of hydrogen-bond donors (Lipinski definition) is 2. The van der Waals surface area contributed by atoms with Crippen molar-refractivity contribution < 1.29 is 23.1 Å². The molecular formula is C29H26ClF3N4O2. The van der Waals surface area contributed by atoms with Crippen LogP contribution >= 0.6 is 11.6 Å². The quantitative estimate of drug-likeness (QED) is 0.240. The molecule has 4 aromatic rings. The fourth-order valence-electron chi connectivity index (χ4n) is 5.01. The molecule has 1 saturated heterocycles. The van der Waals surface area contributed by atoms with E-state index in [-0.39, 0.29) is 28.6 Å². The maximum Gasteiger partial charge on any atom is 0.303 e. The second-order valence-corrected chi connectivity index (χ2v) is 10.0. The van der Waals surface area contributed by atoms with Crippen molar-refractivity contribution in [1.29, 1.82) is 0 Å². The second kappa shape index (κ2) is 11.5. The molecule has 6 nitrogen and oxygen atoms in total. The molecule has 3 heterocycles. The number of nitrogens with zero attached hydrogens (tertiary/aromatic N) is 3. The lowest BCUT2D eigenvalue weighted by Crippen LogP contribution is -2.34. The molecule has 0 bridgehead atoms. The molecule has 1 aliphatic rings. The normalized spacial score (nSPS) is 15.1. The van der Waals surface area contributed by atoms with E-state index in [9.17, 15) is 18.0 Å². The Balaban J connectivity index is 1.41. The molecule has 2 N–H and O–H groups in total. The van der Waals surface area contributed by atoms with Crippen LogP contribution in [0.15, 0.2) is 67.0 Å². The number of fused-ring (bicyclic) bond motifs is 1. The Bertz CT molecular complexity index is 1480. The minimum absolute atomic E-state index is 0.140. The van der Waals surface area contributed by atoms with Crippen LogP contribution < -0.4 is 10.2 Å². The lowest BCUT2D eigenvalue weighted by molar-refractivity contribution is -0.138. The minimum Gasteiger partial charge on any atom is -0.481 e. The van der Waals surface area contributed by atoms with Crippen molar-refractivity contribution in [1.82, 2.24) is 9.97 Å². The summed E-state index contributed by atoms with van der Waals surface area (Å²) in [5, 5.41) is 12.5. The molecule has 10 heteroatoms. The highest BCUT2D eigenvalue weighted by Crippen LogP contribution is 2.37. The number of benzene rings is 2. The zero-order valence-corrected chi connectivity index (χ0v) is 21.6. The van der Waals surface area contributed by atoms with E-state index >= 15 is 0 Å². The topological polar surface area (TPSA) is 78.3 Å². The van der Waals surface area contributed by atoms with Crippen LogP contribution in [0.4, 0.5) is 24.7 Å². The molecule has 0 spiro atoms. The molecule has 1 atom stereocenters. The van der Waals surface area contributed by atoms with Gasteiger partial charge in [0.1, 0.15) is 17.7 Å². The molecular weight excluding hydrogens is 529 g/mol. The number of anilines is 2. The first-order valence-corrected chi connectivity index (χ1v) is 13.0.